The van der Waals surface area contributed by atoms with Crippen molar-refractivity contribution in [1.82, 2.24) is 4.90 Å². The zero-order chi connectivity index (χ0) is 11.3. The van der Waals surface area contributed by atoms with Crippen LogP contribution in [0.2, 0.25) is 0 Å². The molecular formula is C12H13NO3. The van der Waals surface area contributed by atoms with Gasteiger partial charge in [0.1, 0.15) is 0 Å². The van der Waals surface area contributed by atoms with Gasteiger partial charge in [-0.15, -0.1) is 0 Å². The molecule has 2 atom stereocenters. The van der Waals surface area contributed by atoms with Gasteiger partial charge in [0, 0.05) is 0 Å². The Kier molecular flexibility index (Phi) is 1.94. The highest BCUT2D eigenvalue weighted by atomic mass is 16.4. The van der Waals surface area contributed by atoms with Crippen LogP contribution in [-0.4, -0.2) is 21.2 Å². The van der Waals surface area contributed by atoms with Crippen molar-refractivity contribution in [3.63, 3.8) is 0 Å². The first-order valence-electron chi connectivity index (χ1n) is 5.47. The fourth-order valence-electron chi connectivity index (χ4n) is 3.00. The van der Waals surface area contributed by atoms with Gasteiger partial charge in [0.15, 0.2) is 0 Å². The molecule has 16 heavy (non-hydrogen) atoms. The van der Waals surface area contributed by atoms with Crippen LogP contribution in [0.1, 0.15) is 41.6 Å². The third-order valence-corrected chi connectivity index (χ3v) is 3.66. The van der Waals surface area contributed by atoms with Gasteiger partial charge in [-0.25, -0.2) is 4.79 Å². The molecule has 0 aliphatic carbocycles. The number of aliphatic hydroxyl groups excluding tert-OH is 1. The van der Waals surface area contributed by atoms with Gasteiger partial charge in [-0.2, -0.15) is 0 Å². The molecule has 2 N–H and O–H groups in total. The molecule has 1 aromatic carbocycles. The van der Waals surface area contributed by atoms with E-state index in [0.717, 1.165) is 29.5 Å². The van der Waals surface area contributed by atoms with Crippen LogP contribution in [0.3, 0.4) is 0 Å². The Morgan fingerprint density at radius 1 is 1.31 bits per heavy atom. The quantitative estimate of drug-likeness (QED) is 0.759. The van der Waals surface area contributed by atoms with Crippen LogP contribution >= 0.6 is 0 Å². The van der Waals surface area contributed by atoms with Gasteiger partial charge >= 0.3 is 6.09 Å². The molecule has 1 fully saturated rings. The summed E-state index contributed by atoms with van der Waals surface area (Å²) < 4.78 is 0. The van der Waals surface area contributed by atoms with E-state index < -0.39 is 6.09 Å². The first kappa shape index (κ1) is 9.66. The molecule has 2 heterocycles. The summed E-state index contributed by atoms with van der Waals surface area (Å²) in [5, 5.41) is 18.3. The number of carboxylic acid groups (broad SMARTS) is 1. The molecule has 3 rings (SSSR count). The maximum absolute atomic E-state index is 11.2. The van der Waals surface area contributed by atoms with Crippen LogP contribution in [0.25, 0.3) is 0 Å². The molecule has 1 aromatic rings. The topological polar surface area (TPSA) is 60.8 Å². The molecule has 4 heteroatoms. The molecule has 4 nitrogen and oxygen atoms in total. The van der Waals surface area contributed by atoms with Crippen molar-refractivity contribution in [1.29, 1.82) is 0 Å². The lowest BCUT2D eigenvalue weighted by molar-refractivity contribution is 0.130. The number of carbonyl (C=O) groups is 1. The van der Waals surface area contributed by atoms with Crippen LogP contribution in [0, 0.1) is 0 Å². The Balaban J connectivity index is 2.08. The van der Waals surface area contributed by atoms with Crippen LogP contribution in [0.4, 0.5) is 4.79 Å². The van der Waals surface area contributed by atoms with Crippen molar-refractivity contribution in [3.05, 3.63) is 34.9 Å². The number of aliphatic hydroxyl groups is 1. The first-order valence-corrected chi connectivity index (χ1v) is 5.47. The number of fused-ring (bicyclic) bond motifs is 5. The molecule has 1 saturated heterocycles. The summed E-state index contributed by atoms with van der Waals surface area (Å²) in [6.45, 7) is 0.0116. The van der Waals surface area contributed by atoms with E-state index in [2.05, 4.69) is 0 Å². The van der Waals surface area contributed by atoms with E-state index in [1.807, 2.05) is 18.2 Å². The Hall–Kier alpha value is -1.55. The molecule has 2 aliphatic heterocycles. The van der Waals surface area contributed by atoms with Gasteiger partial charge in [0.25, 0.3) is 0 Å². The summed E-state index contributed by atoms with van der Waals surface area (Å²) >= 11 is 0. The van der Waals surface area contributed by atoms with E-state index in [0.29, 0.717) is 0 Å². The molecule has 2 aliphatic rings. The molecular weight excluding hydrogens is 206 g/mol. The smallest absolute Gasteiger partial charge is 0.408 e. The number of rotatable bonds is 1. The summed E-state index contributed by atoms with van der Waals surface area (Å²) in [5.41, 5.74) is 3.07. The number of nitrogens with zero attached hydrogens (tertiary/aromatic N) is 1. The first-order chi connectivity index (χ1) is 7.72. The van der Waals surface area contributed by atoms with Gasteiger partial charge < -0.3 is 10.2 Å². The predicted octanol–water partition coefficient (Wildman–Crippen LogP) is 2.05. The van der Waals surface area contributed by atoms with E-state index in [1.165, 1.54) is 0 Å². The number of hydrogen-bond donors (Lipinski definition) is 2. The Morgan fingerprint density at radius 2 is 2.00 bits per heavy atom. The predicted molar refractivity (Wildman–Crippen MR) is 56.9 cm³/mol. The normalized spacial score (nSPS) is 25.9. The zero-order valence-electron chi connectivity index (χ0n) is 8.76. The zero-order valence-corrected chi connectivity index (χ0v) is 8.76. The number of amides is 1. The highest BCUT2D eigenvalue weighted by molar-refractivity contribution is 5.69. The van der Waals surface area contributed by atoms with Crippen molar-refractivity contribution >= 4 is 6.09 Å². The van der Waals surface area contributed by atoms with Gasteiger partial charge in [-0.05, 0) is 29.5 Å². The minimum atomic E-state index is -0.839. The van der Waals surface area contributed by atoms with E-state index >= 15 is 0 Å². The lowest BCUT2D eigenvalue weighted by atomic mass is 9.90. The van der Waals surface area contributed by atoms with Crippen molar-refractivity contribution in [2.75, 3.05) is 0 Å². The highest BCUT2D eigenvalue weighted by Gasteiger charge is 2.46. The summed E-state index contributed by atoms with van der Waals surface area (Å²) in [6, 6.07) is 5.81. The Labute approximate surface area is 93.1 Å². The van der Waals surface area contributed by atoms with Crippen LogP contribution in [0.15, 0.2) is 18.2 Å². The lowest BCUT2D eigenvalue weighted by Gasteiger charge is -2.17. The Bertz CT molecular complexity index is 458. The van der Waals surface area contributed by atoms with Crippen LogP contribution < -0.4 is 0 Å². The van der Waals surface area contributed by atoms with Crippen molar-refractivity contribution in [2.24, 2.45) is 0 Å². The third-order valence-electron chi connectivity index (χ3n) is 3.66. The van der Waals surface area contributed by atoms with Gasteiger partial charge in [-0.3, -0.25) is 4.90 Å². The van der Waals surface area contributed by atoms with E-state index in [4.69, 9.17) is 10.2 Å². The van der Waals surface area contributed by atoms with Crippen molar-refractivity contribution < 1.29 is 15.0 Å². The standard InChI is InChI=1S/C12H13NO3/c14-6-7-1-2-8-9(5-7)11-4-3-10(8)13(11)12(15)16/h1-2,5,10-11,14H,3-4,6H2,(H,15,16). The lowest BCUT2D eigenvalue weighted by Crippen LogP contribution is -2.25. The number of hydrogen-bond acceptors (Lipinski definition) is 2. The second-order valence-electron chi connectivity index (χ2n) is 4.42. The second kappa shape index (κ2) is 3.22. The molecule has 0 radical (unpaired) electrons. The summed E-state index contributed by atoms with van der Waals surface area (Å²) in [6.07, 6.45) is 0.982. The maximum atomic E-state index is 11.2. The molecule has 2 bridgehead atoms. The Morgan fingerprint density at radius 3 is 2.62 bits per heavy atom. The van der Waals surface area contributed by atoms with Gasteiger partial charge in [0.2, 0.25) is 0 Å². The summed E-state index contributed by atoms with van der Waals surface area (Å²) in [7, 11) is 0. The van der Waals surface area contributed by atoms with Gasteiger partial charge in [0.05, 0.1) is 18.7 Å². The van der Waals surface area contributed by atoms with Crippen molar-refractivity contribution in [2.45, 2.75) is 31.5 Å². The van der Waals surface area contributed by atoms with Crippen LogP contribution in [0.5, 0.6) is 0 Å². The highest BCUT2D eigenvalue weighted by Crippen LogP contribution is 2.53. The molecule has 0 saturated carbocycles. The SMILES string of the molecule is O=C(O)N1C2CCC1c1cc(CO)ccc12. The maximum Gasteiger partial charge on any atom is 0.408 e. The molecule has 0 spiro atoms. The average molecular weight is 219 g/mol. The summed E-state index contributed by atoms with van der Waals surface area (Å²) in [5.74, 6) is 0. The minimum absolute atomic E-state index is 0.00370. The fraction of sp³-hybridized carbons (Fsp3) is 0.417. The molecule has 0 aromatic heterocycles. The van der Waals surface area contributed by atoms with E-state index in [1.54, 1.807) is 4.90 Å². The monoisotopic (exact) mass is 219 g/mol. The molecule has 84 valence electrons. The van der Waals surface area contributed by atoms with Crippen molar-refractivity contribution in [3.8, 4) is 0 Å². The minimum Gasteiger partial charge on any atom is -0.465 e. The molecule has 2 unspecified atom stereocenters. The fourth-order valence-corrected chi connectivity index (χ4v) is 3.00. The summed E-state index contributed by atoms with van der Waals surface area (Å²) in [4.78, 5) is 12.7. The van der Waals surface area contributed by atoms with E-state index in [-0.39, 0.29) is 18.7 Å². The third kappa shape index (κ3) is 1.10. The second-order valence-corrected chi connectivity index (χ2v) is 4.42. The van der Waals surface area contributed by atoms with Crippen LogP contribution in [-0.2, 0) is 6.61 Å². The average Bonchev–Trinajstić information content (AvgIpc) is 2.84. The van der Waals surface area contributed by atoms with E-state index in [9.17, 15) is 4.79 Å². The largest absolute Gasteiger partial charge is 0.465 e. The number of benzene rings is 1. The molecule has 1 amide bonds. The van der Waals surface area contributed by atoms with Gasteiger partial charge in [-0.1, -0.05) is 18.2 Å².